The second-order valence-electron chi connectivity index (χ2n) is 5.96. The van der Waals surface area contributed by atoms with Crippen molar-refractivity contribution in [3.8, 4) is 0 Å². The maximum Gasteiger partial charge on any atom is 0.210 e. The van der Waals surface area contributed by atoms with Crippen molar-refractivity contribution in [3.63, 3.8) is 0 Å². The van der Waals surface area contributed by atoms with Gasteiger partial charge in [0.25, 0.3) is 0 Å². The SMILES string of the molecule is Cc1cc([C@H]2CCCCN2C=O)cnc1N1CCCC1. The summed E-state index contributed by atoms with van der Waals surface area (Å²) in [6, 6.07) is 2.45. The van der Waals surface area contributed by atoms with Crippen molar-refractivity contribution in [1.29, 1.82) is 0 Å². The molecule has 3 rings (SSSR count). The second-order valence-corrected chi connectivity index (χ2v) is 5.96. The van der Waals surface area contributed by atoms with Gasteiger partial charge in [0.05, 0.1) is 6.04 Å². The molecule has 1 amide bonds. The lowest BCUT2D eigenvalue weighted by molar-refractivity contribution is -0.121. The number of rotatable bonds is 3. The maximum atomic E-state index is 11.2. The summed E-state index contributed by atoms with van der Waals surface area (Å²) in [4.78, 5) is 20.2. The smallest absolute Gasteiger partial charge is 0.210 e. The number of anilines is 1. The van der Waals surface area contributed by atoms with Crippen LogP contribution in [0.3, 0.4) is 0 Å². The molecule has 2 fully saturated rings. The highest BCUT2D eigenvalue weighted by molar-refractivity contribution is 5.51. The maximum absolute atomic E-state index is 11.2. The van der Waals surface area contributed by atoms with E-state index in [2.05, 4.69) is 22.9 Å². The third kappa shape index (κ3) is 2.51. The number of likely N-dealkylation sites (tertiary alicyclic amines) is 1. The first-order valence-corrected chi connectivity index (χ1v) is 7.72. The first kappa shape index (κ1) is 13.4. The van der Waals surface area contributed by atoms with Gasteiger partial charge in [-0.3, -0.25) is 4.79 Å². The zero-order chi connectivity index (χ0) is 13.9. The molecule has 2 saturated heterocycles. The van der Waals surface area contributed by atoms with Crippen LogP contribution < -0.4 is 4.90 Å². The van der Waals surface area contributed by atoms with Crippen LogP contribution in [-0.2, 0) is 4.79 Å². The number of hydrogen-bond acceptors (Lipinski definition) is 3. The number of piperidine rings is 1. The number of carbonyl (C=O) groups excluding carboxylic acids is 1. The zero-order valence-electron chi connectivity index (χ0n) is 12.2. The second kappa shape index (κ2) is 5.81. The van der Waals surface area contributed by atoms with Crippen LogP contribution in [0.4, 0.5) is 5.82 Å². The fourth-order valence-electron chi connectivity index (χ4n) is 3.47. The van der Waals surface area contributed by atoms with E-state index in [0.29, 0.717) is 0 Å². The lowest BCUT2D eigenvalue weighted by Crippen LogP contribution is -2.32. The highest BCUT2D eigenvalue weighted by atomic mass is 16.1. The lowest BCUT2D eigenvalue weighted by atomic mass is 9.96. The van der Waals surface area contributed by atoms with Crippen LogP contribution in [0.5, 0.6) is 0 Å². The highest BCUT2D eigenvalue weighted by Crippen LogP contribution is 2.31. The molecule has 1 atom stereocenters. The minimum atomic E-state index is 0.222. The van der Waals surface area contributed by atoms with Crippen molar-refractivity contribution >= 4 is 12.2 Å². The summed E-state index contributed by atoms with van der Waals surface area (Å²) in [6.07, 6.45) is 8.88. The number of hydrogen-bond donors (Lipinski definition) is 0. The van der Waals surface area contributed by atoms with Crippen LogP contribution >= 0.6 is 0 Å². The van der Waals surface area contributed by atoms with Crippen LogP contribution in [0.2, 0.25) is 0 Å². The Morgan fingerprint density at radius 1 is 1.20 bits per heavy atom. The van der Waals surface area contributed by atoms with Gasteiger partial charge in [-0.15, -0.1) is 0 Å². The van der Waals surface area contributed by atoms with Gasteiger partial charge >= 0.3 is 0 Å². The van der Waals surface area contributed by atoms with Gasteiger partial charge in [0, 0.05) is 25.8 Å². The summed E-state index contributed by atoms with van der Waals surface area (Å²) in [5, 5.41) is 0. The van der Waals surface area contributed by atoms with E-state index in [1.165, 1.54) is 30.4 Å². The molecule has 1 aromatic heterocycles. The quantitative estimate of drug-likeness (QED) is 0.794. The Morgan fingerprint density at radius 3 is 2.65 bits per heavy atom. The van der Waals surface area contributed by atoms with E-state index < -0.39 is 0 Å². The monoisotopic (exact) mass is 273 g/mol. The minimum Gasteiger partial charge on any atom is -0.356 e. The van der Waals surface area contributed by atoms with Crippen molar-refractivity contribution in [2.75, 3.05) is 24.5 Å². The summed E-state index contributed by atoms with van der Waals surface area (Å²) < 4.78 is 0. The van der Waals surface area contributed by atoms with Crippen molar-refractivity contribution in [3.05, 3.63) is 23.4 Å². The topological polar surface area (TPSA) is 36.4 Å². The Kier molecular flexibility index (Phi) is 3.90. The Hall–Kier alpha value is -1.58. The van der Waals surface area contributed by atoms with Gasteiger partial charge in [0.15, 0.2) is 0 Å². The molecule has 108 valence electrons. The number of carbonyl (C=O) groups is 1. The van der Waals surface area contributed by atoms with E-state index in [9.17, 15) is 4.79 Å². The van der Waals surface area contributed by atoms with Gasteiger partial charge in [-0.1, -0.05) is 0 Å². The zero-order valence-corrected chi connectivity index (χ0v) is 12.2. The molecular formula is C16H23N3O. The van der Waals surface area contributed by atoms with Gasteiger partial charge < -0.3 is 9.80 Å². The van der Waals surface area contributed by atoms with Crippen LogP contribution in [0, 0.1) is 6.92 Å². The molecule has 4 heteroatoms. The van der Waals surface area contributed by atoms with E-state index in [1.807, 2.05) is 11.1 Å². The van der Waals surface area contributed by atoms with Crippen molar-refractivity contribution in [1.82, 2.24) is 9.88 Å². The fraction of sp³-hybridized carbons (Fsp3) is 0.625. The van der Waals surface area contributed by atoms with Gasteiger partial charge in [-0.25, -0.2) is 4.98 Å². The van der Waals surface area contributed by atoms with Crippen LogP contribution in [0.15, 0.2) is 12.3 Å². The third-order valence-electron chi connectivity index (χ3n) is 4.54. The molecule has 0 aliphatic carbocycles. The van der Waals surface area contributed by atoms with E-state index in [1.54, 1.807) is 0 Å². The molecule has 0 bridgehead atoms. The van der Waals surface area contributed by atoms with Gasteiger partial charge in [-0.05, 0) is 56.2 Å². The molecule has 4 nitrogen and oxygen atoms in total. The number of nitrogens with zero attached hydrogens (tertiary/aromatic N) is 3. The molecule has 2 aliphatic heterocycles. The molecule has 0 N–H and O–H groups in total. The first-order valence-electron chi connectivity index (χ1n) is 7.72. The summed E-state index contributed by atoms with van der Waals surface area (Å²) in [5.74, 6) is 1.12. The highest BCUT2D eigenvalue weighted by Gasteiger charge is 2.24. The molecule has 0 radical (unpaired) electrons. The molecule has 0 aromatic carbocycles. The molecule has 0 saturated carbocycles. The normalized spacial score (nSPS) is 23.1. The largest absolute Gasteiger partial charge is 0.356 e. The van der Waals surface area contributed by atoms with E-state index in [-0.39, 0.29) is 6.04 Å². The molecular weight excluding hydrogens is 250 g/mol. The average molecular weight is 273 g/mol. The first-order chi connectivity index (χ1) is 9.79. The fourth-order valence-corrected chi connectivity index (χ4v) is 3.47. The number of aromatic nitrogens is 1. The Labute approximate surface area is 120 Å². The number of amides is 1. The molecule has 20 heavy (non-hydrogen) atoms. The van der Waals surface area contributed by atoms with Crippen LogP contribution in [0.25, 0.3) is 0 Å². The standard InChI is InChI=1S/C16H23N3O/c1-13-10-14(15-6-2-3-9-19(15)12-20)11-17-16(13)18-7-4-5-8-18/h10-12,15H,2-9H2,1H3/t15-/m1/s1. The van der Waals surface area contributed by atoms with Crippen molar-refractivity contribution in [2.45, 2.75) is 45.1 Å². The number of pyridine rings is 1. The predicted octanol–water partition coefficient (Wildman–Crippen LogP) is 2.67. The lowest BCUT2D eigenvalue weighted by Gasteiger charge is -2.33. The molecule has 2 aliphatic rings. The minimum absolute atomic E-state index is 0.222. The summed E-state index contributed by atoms with van der Waals surface area (Å²) in [5.41, 5.74) is 2.43. The molecule has 1 aromatic rings. The Morgan fingerprint density at radius 2 is 1.95 bits per heavy atom. The van der Waals surface area contributed by atoms with Gasteiger partial charge in [-0.2, -0.15) is 0 Å². The summed E-state index contributed by atoms with van der Waals surface area (Å²) in [7, 11) is 0. The van der Waals surface area contributed by atoms with Crippen LogP contribution in [-0.4, -0.2) is 35.9 Å². The molecule has 0 spiro atoms. The predicted molar refractivity (Wildman–Crippen MR) is 79.8 cm³/mol. The Balaban J connectivity index is 1.83. The van der Waals surface area contributed by atoms with Gasteiger partial charge in [0.2, 0.25) is 6.41 Å². The van der Waals surface area contributed by atoms with Gasteiger partial charge in [0.1, 0.15) is 5.82 Å². The molecule has 0 unspecified atom stereocenters. The van der Waals surface area contributed by atoms with E-state index in [4.69, 9.17) is 0 Å². The van der Waals surface area contributed by atoms with E-state index in [0.717, 1.165) is 44.7 Å². The van der Waals surface area contributed by atoms with Crippen LogP contribution in [0.1, 0.15) is 49.3 Å². The average Bonchev–Trinajstić information content (AvgIpc) is 3.01. The van der Waals surface area contributed by atoms with Crippen molar-refractivity contribution < 1.29 is 4.79 Å². The summed E-state index contributed by atoms with van der Waals surface area (Å²) in [6.45, 7) is 5.26. The third-order valence-corrected chi connectivity index (χ3v) is 4.54. The Bertz CT molecular complexity index is 483. The summed E-state index contributed by atoms with van der Waals surface area (Å²) >= 11 is 0. The van der Waals surface area contributed by atoms with Crippen molar-refractivity contribution in [2.24, 2.45) is 0 Å². The number of aryl methyl sites for hydroxylation is 1. The van der Waals surface area contributed by atoms with E-state index >= 15 is 0 Å². The molecule has 3 heterocycles.